The van der Waals surface area contributed by atoms with E-state index in [2.05, 4.69) is 0 Å². The summed E-state index contributed by atoms with van der Waals surface area (Å²) in [5.41, 5.74) is -1.31. The number of aliphatic hydroxyl groups is 4. The highest BCUT2D eigenvalue weighted by Crippen LogP contribution is 2.63. The largest absolute Gasteiger partial charge is 0.472 e. The standard InChI is InChI=1S/C27H32O12/c1-26-9-16(12-4-5-36-11-12)37-24(34)14(26)8-19(39-25-22(32)21(31)20(30)17(10-28)38-25)27(2)15(23(33)35-3)6-13(29)7-18(26)27/h4-6,8,11,16-22,25,28,30-32H,7,9-10H2,1-3H3. The molecule has 2 aliphatic heterocycles. The summed E-state index contributed by atoms with van der Waals surface area (Å²) in [6, 6.07) is 1.69. The van der Waals surface area contributed by atoms with E-state index in [0.29, 0.717) is 12.0 Å². The zero-order valence-corrected chi connectivity index (χ0v) is 21.7. The molecule has 0 aromatic carbocycles. The van der Waals surface area contributed by atoms with E-state index in [1.54, 1.807) is 13.0 Å². The maximum atomic E-state index is 13.4. The molecular weight excluding hydrogens is 516 g/mol. The Hall–Kier alpha value is -2.87. The van der Waals surface area contributed by atoms with E-state index in [0.717, 1.165) is 0 Å². The van der Waals surface area contributed by atoms with Gasteiger partial charge in [-0.1, -0.05) is 13.8 Å². The van der Waals surface area contributed by atoms with Crippen LogP contribution in [0.3, 0.4) is 0 Å². The molecule has 39 heavy (non-hydrogen) atoms. The molecule has 2 fully saturated rings. The van der Waals surface area contributed by atoms with Crippen molar-refractivity contribution in [1.29, 1.82) is 0 Å². The van der Waals surface area contributed by atoms with Crippen molar-refractivity contribution in [3.63, 3.8) is 0 Å². The van der Waals surface area contributed by atoms with Crippen molar-refractivity contribution in [3.8, 4) is 0 Å². The fourth-order valence-corrected chi connectivity index (χ4v) is 6.63. The third kappa shape index (κ3) is 4.26. The summed E-state index contributed by atoms with van der Waals surface area (Å²) in [4.78, 5) is 39.4. The molecule has 4 aliphatic rings. The fourth-order valence-electron chi connectivity index (χ4n) is 6.63. The quantitative estimate of drug-likeness (QED) is 0.365. The summed E-state index contributed by atoms with van der Waals surface area (Å²) in [6.45, 7) is 2.89. The third-order valence-corrected chi connectivity index (χ3v) is 8.84. The zero-order valence-electron chi connectivity index (χ0n) is 21.7. The molecule has 12 nitrogen and oxygen atoms in total. The van der Waals surface area contributed by atoms with Gasteiger partial charge in [-0.2, -0.15) is 0 Å². The monoisotopic (exact) mass is 548 g/mol. The van der Waals surface area contributed by atoms with E-state index in [-0.39, 0.29) is 23.4 Å². The molecule has 0 spiro atoms. The topological polar surface area (TPSA) is 182 Å². The Labute approximate surface area is 223 Å². The number of hydrogen-bond acceptors (Lipinski definition) is 12. The van der Waals surface area contributed by atoms with Crippen molar-refractivity contribution in [1.82, 2.24) is 0 Å². The zero-order chi connectivity index (χ0) is 28.3. The molecule has 0 amide bonds. The van der Waals surface area contributed by atoms with Gasteiger partial charge in [0.25, 0.3) is 0 Å². The molecule has 10 unspecified atom stereocenters. The SMILES string of the molecule is COC(=O)C1=CC(=O)CC2C3(C)CC(c4ccoc4)OC(=O)C3=CC(OC3OC(CO)C(O)C(O)C3O)C12C. The number of fused-ring (bicyclic) bond motifs is 3. The number of ether oxygens (including phenoxy) is 4. The van der Waals surface area contributed by atoms with Gasteiger partial charge in [-0.05, 0) is 30.6 Å². The van der Waals surface area contributed by atoms with Gasteiger partial charge in [-0.3, -0.25) is 4.79 Å². The average Bonchev–Trinajstić information content (AvgIpc) is 3.45. The number of hydrogen-bond donors (Lipinski definition) is 4. The molecule has 1 aromatic heterocycles. The molecular formula is C27H32O12. The molecule has 5 rings (SSSR count). The minimum atomic E-state index is -1.73. The molecule has 2 aliphatic carbocycles. The van der Waals surface area contributed by atoms with Crippen molar-refractivity contribution < 1.29 is 58.2 Å². The van der Waals surface area contributed by atoms with Crippen LogP contribution < -0.4 is 0 Å². The summed E-state index contributed by atoms with van der Waals surface area (Å²) in [6.07, 6.45) is -3.71. The average molecular weight is 549 g/mol. The lowest BCUT2D eigenvalue weighted by atomic mass is 9.48. The summed E-state index contributed by atoms with van der Waals surface area (Å²) in [5.74, 6) is -2.39. The highest BCUT2D eigenvalue weighted by atomic mass is 16.7. The molecule has 0 bridgehead atoms. The number of carbonyl (C=O) groups is 3. The molecule has 2 saturated heterocycles. The number of rotatable bonds is 5. The fraction of sp³-hybridized carbons (Fsp3) is 0.593. The van der Waals surface area contributed by atoms with Gasteiger partial charge in [0.15, 0.2) is 12.1 Å². The van der Waals surface area contributed by atoms with E-state index in [1.165, 1.54) is 31.8 Å². The number of furan rings is 1. The van der Waals surface area contributed by atoms with E-state index in [9.17, 15) is 34.8 Å². The Morgan fingerprint density at radius 1 is 1.15 bits per heavy atom. The van der Waals surface area contributed by atoms with Gasteiger partial charge in [0.2, 0.25) is 0 Å². The number of aliphatic hydroxyl groups excluding tert-OH is 4. The number of methoxy groups -OCH3 is 1. The summed E-state index contributed by atoms with van der Waals surface area (Å²) in [7, 11) is 1.19. The lowest BCUT2D eigenvalue weighted by Gasteiger charge is -2.58. The van der Waals surface area contributed by atoms with Crippen molar-refractivity contribution in [2.45, 2.75) is 69.6 Å². The number of carbonyl (C=O) groups excluding carboxylic acids is 3. The van der Waals surface area contributed by atoms with Gasteiger partial charge >= 0.3 is 11.9 Å². The number of allylic oxidation sites excluding steroid dienone is 1. The highest BCUT2D eigenvalue weighted by molar-refractivity contribution is 6.03. The first-order valence-electron chi connectivity index (χ1n) is 12.7. The molecule has 0 radical (unpaired) electrons. The van der Waals surface area contributed by atoms with Crippen LogP contribution in [0.25, 0.3) is 0 Å². The molecule has 10 atom stereocenters. The first kappa shape index (κ1) is 27.7. The predicted molar refractivity (Wildman–Crippen MR) is 128 cm³/mol. The summed E-state index contributed by atoms with van der Waals surface area (Å²) < 4.78 is 27.6. The van der Waals surface area contributed by atoms with Crippen LogP contribution in [0.5, 0.6) is 0 Å². The van der Waals surface area contributed by atoms with E-state index < -0.39 is 78.2 Å². The summed E-state index contributed by atoms with van der Waals surface area (Å²) >= 11 is 0. The van der Waals surface area contributed by atoms with Crippen molar-refractivity contribution >= 4 is 17.7 Å². The Bertz CT molecular complexity index is 1200. The highest BCUT2D eigenvalue weighted by Gasteiger charge is 2.64. The van der Waals surface area contributed by atoms with Gasteiger partial charge in [0.05, 0.1) is 32.3 Å². The second-order valence-corrected chi connectivity index (χ2v) is 11.0. The molecule has 0 saturated carbocycles. The second-order valence-electron chi connectivity index (χ2n) is 11.0. The Morgan fingerprint density at radius 2 is 1.90 bits per heavy atom. The van der Waals surface area contributed by atoms with Crippen molar-refractivity contribution in [3.05, 3.63) is 47.5 Å². The smallest absolute Gasteiger partial charge is 0.334 e. The van der Waals surface area contributed by atoms with Gasteiger partial charge in [0, 0.05) is 34.0 Å². The van der Waals surface area contributed by atoms with Gasteiger partial charge in [0.1, 0.15) is 30.5 Å². The van der Waals surface area contributed by atoms with E-state index >= 15 is 0 Å². The molecule has 3 heterocycles. The van der Waals surface area contributed by atoms with E-state index in [4.69, 9.17) is 23.4 Å². The van der Waals surface area contributed by atoms with Gasteiger partial charge < -0.3 is 43.8 Å². The maximum Gasteiger partial charge on any atom is 0.334 e. The molecule has 12 heteroatoms. The van der Waals surface area contributed by atoms with Crippen LogP contribution in [0.4, 0.5) is 0 Å². The lowest BCUT2D eigenvalue weighted by Crippen LogP contribution is -2.63. The maximum absolute atomic E-state index is 13.4. The Balaban J connectivity index is 1.62. The summed E-state index contributed by atoms with van der Waals surface area (Å²) in [5, 5.41) is 40.7. The third-order valence-electron chi connectivity index (χ3n) is 8.84. The van der Waals surface area contributed by atoms with Crippen LogP contribution in [0.2, 0.25) is 0 Å². The first-order chi connectivity index (χ1) is 18.4. The molecule has 212 valence electrons. The Morgan fingerprint density at radius 3 is 2.54 bits per heavy atom. The van der Waals surface area contributed by atoms with Crippen LogP contribution in [-0.2, 0) is 33.3 Å². The Kier molecular flexibility index (Phi) is 7.06. The number of cyclic esters (lactones) is 1. The first-order valence-corrected chi connectivity index (χ1v) is 12.7. The molecule has 1 aromatic rings. The van der Waals surface area contributed by atoms with Crippen LogP contribution in [0, 0.1) is 16.7 Å². The van der Waals surface area contributed by atoms with Crippen molar-refractivity contribution in [2.24, 2.45) is 16.7 Å². The van der Waals surface area contributed by atoms with Gasteiger partial charge in [-0.15, -0.1) is 0 Å². The van der Waals surface area contributed by atoms with Crippen LogP contribution in [-0.4, -0.2) is 88.7 Å². The van der Waals surface area contributed by atoms with Crippen LogP contribution in [0.15, 0.2) is 46.3 Å². The number of esters is 2. The normalized spacial score (nSPS) is 42.0. The lowest BCUT2D eigenvalue weighted by molar-refractivity contribution is -0.316. The molecule has 4 N–H and O–H groups in total. The van der Waals surface area contributed by atoms with Crippen LogP contribution in [0.1, 0.15) is 38.4 Å². The minimum absolute atomic E-state index is 0.0231. The number of ketones is 1. The second kappa shape index (κ2) is 9.95. The minimum Gasteiger partial charge on any atom is -0.472 e. The van der Waals surface area contributed by atoms with E-state index in [1.807, 2.05) is 6.92 Å². The van der Waals surface area contributed by atoms with Crippen LogP contribution >= 0.6 is 0 Å². The van der Waals surface area contributed by atoms with Gasteiger partial charge in [-0.25, -0.2) is 9.59 Å². The predicted octanol–water partition coefficient (Wildman–Crippen LogP) is 0.0937. The van der Waals surface area contributed by atoms with Crippen molar-refractivity contribution in [2.75, 3.05) is 13.7 Å².